The first-order valence-corrected chi connectivity index (χ1v) is 29.7. The maximum atomic E-state index is 2.65. The second-order valence-corrected chi connectivity index (χ2v) is 52.0. The molecule has 36 heavy (non-hydrogen) atoms. The molecule has 4 aromatic rings. The molecule has 0 spiro atoms. The number of benzene rings is 4. The van der Waals surface area contributed by atoms with Crippen molar-refractivity contribution < 1.29 is 17.7 Å². The van der Waals surface area contributed by atoms with Crippen LogP contribution >= 0.6 is 0 Å². The van der Waals surface area contributed by atoms with Gasteiger partial charge in [-0.05, 0) is 0 Å². The van der Waals surface area contributed by atoms with Crippen LogP contribution < -0.4 is 6.64 Å². The Morgan fingerprint density at radius 1 is 0.528 bits per heavy atom. The van der Waals surface area contributed by atoms with Crippen LogP contribution in [0.5, 0.6) is 0 Å². The first-order chi connectivity index (χ1) is 17.8. The summed E-state index contributed by atoms with van der Waals surface area (Å²) in [6, 6.07) is 45.0. The molecule has 6 rings (SSSR count). The van der Waals surface area contributed by atoms with Gasteiger partial charge in [0.15, 0.2) is 0 Å². The first-order valence-electron chi connectivity index (χ1n) is 13.6. The van der Waals surface area contributed by atoms with Gasteiger partial charge in [0.25, 0.3) is 0 Å². The fourth-order valence-electron chi connectivity index (χ4n) is 8.43. The molecule has 0 N–H and O–H groups in total. The van der Waals surface area contributed by atoms with Crippen molar-refractivity contribution in [2.75, 3.05) is 0 Å². The van der Waals surface area contributed by atoms with Crippen molar-refractivity contribution in [2.24, 2.45) is 0 Å². The third-order valence-corrected chi connectivity index (χ3v) is 77.4. The van der Waals surface area contributed by atoms with Gasteiger partial charge >= 0.3 is 219 Å². The molecule has 0 amide bonds. The van der Waals surface area contributed by atoms with Crippen molar-refractivity contribution in [3.63, 3.8) is 0 Å². The summed E-state index contributed by atoms with van der Waals surface area (Å²) in [6.07, 6.45) is 10.2. The van der Waals surface area contributed by atoms with E-state index in [0.717, 1.165) is 0 Å². The molecule has 0 aliphatic heterocycles. The van der Waals surface area contributed by atoms with Crippen LogP contribution in [0.1, 0.15) is 43.5 Å². The summed E-state index contributed by atoms with van der Waals surface area (Å²) in [5, 5.41) is 0. The van der Waals surface area contributed by atoms with E-state index in [0.29, 0.717) is 7.35 Å². The predicted octanol–water partition coefficient (Wildman–Crippen LogP) is 7.63. The third-order valence-electron chi connectivity index (χ3n) is 9.64. The summed E-state index contributed by atoms with van der Waals surface area (Å²) < 4.78 is 4.33. The Bertz CT molecular complexity index is 1330. The van der Waals surface area contributed by atoms with E-state index in [4.69, 9.17) is 0 Å². The summed E-state index contributed by atoms with van der Waals surface area (Å²) in [6.45, 7) is 5.02. The molecule has 0 fully saturated rings. The zero-order valence-corrected chi connectivity index (χ0v) is 26.1. The quantitative estimate of drug-likeness (QED) is 0.181. The molecule has 2 atom stereocenters. The molecule has 0 saturated carbocycles. The van der Waals surface area contributed by atoms with E-state index in [1.54, 1.807) is 17.8 Å². The minimum absolute atomic E-state index is 0.473. The van der Waals surface area contributed by atoms with Gasteiger partial charge in [0, 0.05) is 0 Å². The van der Waals surface area contributed by atoms with Crippen molar-refractivity contribution >= 4 is 24.8 Å². The monoisotopic (exact) mass is 651 g/mol. The van der Waals surface area contributed by atoms with Crippen LogP contribution in [0.2, 0.25) is 12.1 Å². The van der Waals surface area contributed by atoms with E-state index in [2.05, 4.69) is 147 Å². The van der Waals surface area contributed by atoms with E-state index < -0.39 is 23.7 Å². The van der Waals surface area contributed by atoms with Gasteiger partial charge in [-0.25, -0.2) is 0 Å². The zero-order valence-electron chi connectivity index (χ0n) is 21.3. The summed E-state index contributed by atoms with van der Waals surface area (Å²) in [5.41, 5.74) is 5.98. The number of fused-ring (bicyclic) bond motifs is 2. The number of hydrogen-bond donors (Lipinski definition) is 0. The van der Waals surface area contributed by atoms with Gasteiger partial charge < -0.3 is 0 Å². The SMILES string of the molecule is CC[SiH](CC)[Hf]([c]1ccccc1)([c]1ccccc1)([CH]1C=Cc2ccccc21)[CH]1C=Cc2ccccc21. The van der Waals surface area contributed by atoms with Crippen molar-refractivity contribution in [1.29, 1.82) is 0 Å². The second-order valence-electron chi connectivity index (χ2n) is 10.7. The Hall–Kier alpha value is -2.55. The van der Waals surface area contributed by atoms with Gasteiger partial charge in [0.2, 0.25) is 0 Å². The molecular formula is C34H35HfSi. The molecule has 0 nitrogen and oxygen atoms in total. The normalized spacial score (nSPS) is 19.1. The number of rotatable bonds is 7. The number of hydrogen-bond acceptors (Lipinski definition) is 0. The Morgan fingerprint density at radius 3 is 1.33 bits per heavy atom. The van der Waals surface area contributed by atoms with E-state index in [1.807, 2.05) is 0 Å². The first kappa shape index (κ1) is 23.8. The number of allylic oxidation sites excluding steroid dienone is 2. The van der Waals surface area contributed by atoms with Crippen LogP contribution in [-0.2, 0) is 17.7 Å². The standard InChI is InChI=1S/2C9H7.2C6H5.C4H11Si.Hf/c2*1-2-5-9-7-3-6-8(9)4-1;2*1-2-4-6-5-3-1;1-3-5-4-2;/h2*1-7H;2*1-5H;5H,3-4H2,1-2H3;. The molecule has 0 bridgehead atoms. The maximum absolute atomic E-state index is 4.51. The van der Waals surface area contributed by atoms with E-state index >= 15 is 0 Å². The summed E-state index contributed by atoms with van der Waals surface area (Å²) in [7, 11) is 0. The van der Waals surface area contributed by atoms with Crippen molar-refractivity contribution in [1.82, 2.24) is 0 Å². The molecule has 2 unspecified atom stereocenters. The van der Waals surface area contributed by atoms with Gasteiger partial charge in [0.05, 0.1) is 0 Å². The van der Waals surface area contributed by atoms with Crippen LogP contribution in [0.15, 0.2) is 121 Å². The molecule has 0 heterocycles. The second kappa shape index (κ2) is 9.39. The van der Waals surface area contributed by atoms with Crippen LogP contribution in [0.25, 0.3) is 12.2 Å². The van der Waals surface area contributed by atoms with Crippen molar-refractivity contribution in [2.45, 2.75) is 33.3 Å². The van der Waals surface area contributed by atoms with Gasteiger partial charge in [0.1, 0.15) is 0 Å². The van der Waals surface area contributed by atoms with Crippen LogP contribution in [0.3, 0.4) is 0 Å². The van der Waals surface area contributed by atoms with Gasteiger partial charge in [-0.3, -0.25) is 0 Å². The van der Waals surface area contributed by atoms with Crippen LogP contribution in [0.4, 0.5) is 0 Å². The summed E-state index contributed by atoms with van der Waals surface area (Å²) >= 11 is -4.51. The van der Waals surface area contributed by atoms with Crippen LogP contribution in [0, 0.1) is 0 Å². The molecule has 179 valence electrons. The zero-order chi connectivity index (χ0) is 24.6. The van der Waals surface area contributed by atoms with E-state index in [-0.39, 0.29) is 0 Å². The molecule has 2 aliphatic carbocycles. The summed E-state index contributed by atoms with van der Waals surface area (Å²) in [4.78, 5) is 0. The Labute approximate surface area is 218 Å². The van der Waals surface area contributed by atoms with Crippen LogP contribution in [-0.4, -0.2) is 5.98 Å². The fourth-order valence-corrected chi connectivity index (χ4v) is 85.6. The Balaban J connectivity index is 1.86. The topological polar surface area (TPSA) is 0 Å². The third kappa shape index (κ3) is 3.07. The Kier molecular flexibility index (Phi) is 6.22. The molecule has 0 saturated heterocycles. The fraction of sp³-hybridized carbons (Fsp3) is 0.176. The minimum atomic E-state index is -4.51. The van der Waals surface area contributed by atoms with E-state index in [1.165, 1.54) is 23.2 Å². The predicted molar refractivity (Wildman–Crippen MR) is 157 cm³/mol. The van der Waals surface area contributed by atoms with E-state index in [9.17, 15) is 0 Å². The molecule has 0 radical (unpaired) electrons. The molecule has 2 aliphatic rings. The Morgan fingerprint density at radius 2 is 0.917 bits per heavy atom. The summed E-state index contributed by atoms with van der Waals surface area (Å²) in [5.74, 6) is -1.34. The van der Waals surface area contributed by atoms with Crippen molar-refractivity contribution in [3.05, 3.63) is 144 Å². The molecule has 4 aromatic carbocycles. The average Bonchev–Trinajstić information content (AvgIpc) is 3.59. The molecule has 0 aromatic heterocycles. The molecule has 2 heteroatoms. The molecular weight excluding hydrogens is 615 g/mol. The van der Waals surface area contributed by atoms with Crippen molar-refractivity contribution in [3.8, 4) is 0 Å². The average molecular weight is 650 g/mol. The van der Waals surface area contributed by atoms with Gasteiger partial charge in [-0.15, -0.1) is 0 Å². The van der Waals surface area contributed by atoms with Gasteiger partial charge in [-0.2, -0.15) is 0 Å². The van der Waals surface area contributed by atoms with Gasteiger partial charge in [-0.1, -0.05) is 0 Å².